The van der Waals surface area contributed by atoms with Crippen LogP contribution in [0.25, 0.3) is 0 Å². The Bertz CT molecular complexity index is 953. The monoisotopic (exact) mass is 365 g/mol. The zero-order chi connectivity index (χ0) is 19.9. The molecule has 0 spiro atoms. The molecule has 1 aromatic carbocycles. The van der Waals surface area contributed by atoms with Crippen LogP contribution in [0.15, 0.2) is 30.5 Å². The number of rotatable bonds is 4. The van der Waals surface area contributed by atoms with Crippen LogP contribution in [0, 0.1) is 27.7 Å². The predicted molar refractivity (Wildman–Crippen MR) is 102 cm³/mol. The molecule has 3 amide bonds. The highest BCUT2D eigenvalue weighted by Gasteiger charge is 2.50. The van der Waals surface area contributed by atoms with Crippen LogP contribution in [-0.4, -0.2) is 34.2 Å². The minimum absolute atomic E-state index is 0.257. The van der Waals surface area contributed by atoms with E-state index in [2.05, 4.69) is 10.3 Å². The van der Waals surface area contributed by atoms with E-state index >= 15 is 0 Å². The minimum atomic E-state index is -1.27. The summed E-state index contributed by atoms with van der Waals surface area (Å²) in [4.78, 5) is 43.4. The van der Waals surface area contributed by atoms with E-state index in [0.717, 1.165) is 27.2 Å². The van der Waals surface area contributed by atoms with Gasteiger partial charge >= 0.3 is 6.03 Å². The fourth-order valence-corrected chi connectivity index (χ4v) is 3.40. The minimum Gasteiger partial charge on any atom is -0.318 e. The number of imide groups is 1. The van der Waals surface area contributed by atoms with Crippen LogP contribution in [0.5, 0.6) is 0 Å². The van der Waals surface area contributed by atoms with Gasteiger partial charge in [0, 0.05) is 11.8 Å². The Hall–Kier alpha value is -3.02. The van der Waals surface area contributed by atoms with Crippen molar-refractivity contribution >= 4 is 17.7 Å². The Balaban J connectivity index is 1.90. The van der Waals surface area contributed by atoms with E-state index in [-0.39, 0.29) is 12.3 Å². The fourth-order valence-electron chi connectivity index (χ4n) is 3.40. The third-order valence-corrected chi connectivity index (χ3v) is 5.54. The number of aromatic nitrogens is 1. The molecular formula is C21H23N3O3. The molecule has 27 heavy (non-hydrogen) atoms. The highest BCUT2D eigenvalue weighted by Crippen LogP contribution is 2.28. The van der Waals surface area contributed by atoms with Crippen molar-refractivity contribution in [1.29, 1.82) is 0 Å². The van der Waals surface area contributed by atoms with Crippen molar-refractivity contribution in [3.05, 3.63) is 64.0 Å². The maximum absolute atomic E-state index is 12.9. The van der Waals surface area contributed by atoms with Crippen LogP contribution in [0.3, 0.4) is 0 Å². The number of amides is 3. The van der Waals surface area contributed by atoms with Gasteiger partial charge in [-0.3, -0.25) is 19.5 Å². The van der Waals surface area contributed by atoms with Gasteiger partial charge in [-0.15, -0.1) is 0 Å². The molecule has 6 heteroatoms. The average molecular weight is 365 g/mol. The Morgan fingerprint density at radius 1 is 1.11 bits per heavy atom. The molecule has 1 saturated heterocycles. The highest BCUT2D eigenvalue weighted by molar-refractivity contribution is 6.11. The molecule has 0 saturated carbocycles. The molecule has 0 aliphatic carbocycles. The Morgan fingerprint density at radius 2 is 1.81 bits per heavy atom. The molecule has 1 atom stereocenters. The normalized spacial score (nSPS) is 19.4. The Kier molecular flexibility index (Phi) is 4.59. The zero-order valence-electron chi connectivity index (χ0n) is 16.2. The van der Waals surface area contributed by atoms with E-state index in [1.165, 1.54) is 0 Å². The van der Waals surface area contributed by atoms with Gasteiger partial charge in [-0.05, 0) is 75.1 Å². The number of benzene rings is 1. The van der Waals surface area contributed by atoms with Crippen LogP contribution in [0.4, 0.5) is 4.79 Å². The molecule has 0 unspecified atom stereocenters. The number of hydrogen-bond donors (Lipinski definition) is 1. The second-order valence-corrected chi connectivity index (χ2v) is 7.20. The van der Waals surface area contributed by atoms with Crippen molar-refractivity contribution in [2.24, 2.45) is 0 Å². The van der Waals surface area contributed by atoms with E-state index in [9.17, 15) is 14.4 Å². The fraction of sp³-hybridized carbons (Fsp3) is 0.333. The van der Waals surface area contributed by atoms with Gasteiger partial charge in [-0.25, -0.2) is 4.79 Å². The van der Waals surface area contributed by atoms with Gasteiger partial charge in [0.15, 0.2) is 11.3 Å². The number of carbonyl (C=O) groups excluding carboxylic acids is 3. The smallest absolute Gasteiger partial charge is 0.318 e. The van der Waals surface area contributed by atoms with Crippen molar-refractivity contribution in [1.82, 2.24) is 15.2 Å². The zero-order valence-corrected chi connectivity index (χ0v) is 16.2. The molecule has 0 bridgehead atoms. The molecule has 140 valence electrons. The number of urea groups is 1. The lowest BCUT2D eigenvalue weighted by Crippen LogP contribution is -2.42. The van der Waals surface area contributed by atoms with E-state index in [1.54, 1.807) is 31.3 Å². The molecular weight excluding hydrogens is 342 g/mol. The van der Waals surface area contributed by atoms with Gasteiger partial charge in [0.1, 0.15) is 0 Å². The second-order valence-electron chi connectivity index (χ2n) is 7.20. The summed E-state index contributed by atoms with van der Waals surface area (Å²) in [7, 11) is 0. The SMILES string of the molecule is Cc1cc(C(=O)CN2C(=O)N[C@@](C)(c3ccccn3)C2=O)c(C)c(C)c1C. The average Bonchev–Trinajstić information content (AvgIpc) is 2.87. The molecule has 1 aromatic heterocycles. The maximum Gasteiger partial charge on any atom is 0.325 e. The second kappa shape index (κ2) is 6.61. The summed E-state index contributed by atoms with van der Waals surface area (Å²) in [6.45, 7) is 9.13. The third kappa shape index (κ3) is 3.01. The Labute approximate surface area is 158 Å². The summed E-state index contributed by atoms with van der Waals surface area (Å²) < 4.78 is 0. The summed E-state index contributed by atoms with van der Waals surface area (Å²) in [5.74, 6) is -0.731. The first kappa shape index (κ1) is 18.8. The number of pyridine rings is 1. The van der Waals surface area contributed by atoms with Crippen molar-refractivity contribution < 1.29 is 14.4 Å². The lowest BCUT2D eigenvalue weighted by Gasteiger charge is -2.21. The van der Waals surface area contributed by atoms with E-state index in [4.69, 9.17) is 0 Å². The standard InChI is InChI=1S/C21H23N3O3/c1-12-10-16(15(4)14(3)13(12)2)17(25)11-24-19(26)21(5,23-20(24)27)18-8-6-7-9-22-18/h6-10H,11H2,1-5H3,(H,23,27)/t21-/m0/s1. The molecule has 1 aliphatic heterocycles. The summed E-state index contributed by atoms with van der Waals surface area (Å²) >= 11 is 0. The van der Waals surface area contributed by atoms with E-state index < -0.39 is 17.5 Å². The molecule has 3 rings (SSSR count). The van der Waals surface area contributed by atoms with Crippen LogP contribution < -0.4 is 5.32 Å². The van der Waals surface area contributed by atoms with Gasteiger partial charge in [0.2, 0.25) is 0 Å². The maximum atomic E-state index is 12.9. The predicted octanol–water partition coefficient (Wildman–Crippen LogP) is 2.97. The molecule has 2 aromatic rings. The molecule has 1 N–H and O–H groups in total. The van der Waals surface area contributed by atoms with Gasteiger partial charge in [-0.2, -0.15) is 0 Å². The number of ketones is 1. The first-order valence-corrected chi connectivity index (χ1v) is 8.83. The molecule has 6 nitrogen and oxygen atoms in total. The molecule has 0 radical (unpaired) electrons. The molecule has 1 aliphatic rings. The van der Waals surface area contributed by atoms with Crippen molar-refractivity contribution in [3.8, 4) is 0 Å². The van der Waals surface area contributed by atoms with E-state index in [1.807, 2.05) is 33.8 Å². The number of carbonyl (C=O) groups is 3. The van der Waals surface area contributed by atoms with E-state index in [0.29, 0.717) is 11.3 Å². The summed E-state index contributed by atoms with van der Waals surface area (Å²) in [5, 5.41) is 2.67. The lowest BCUT2D eigenvalue weighted by atomic mass is 9.92. The van der Waals surface area contributed by atoms with Crippen molar-refractivity contribution in [3.63, 3.8) is 0 Å². The third-order valence-electron chi connectivity index (χ3n) is 5.54. The van der Waals surface area contributed by atoms with Crippen LogP contribution in [-0.2, 0) is 10.3 Å². The number of nitrogens with one attached hydrogen (secondary N) is 1. The van der Waals surface area contributed by atoms with Gasteiger partial charge in [0.05, 0.1) is 12.2 Å². The van der Waals surface area contributed by atoms with Crippen LogP contribution in [0.1, 0.15) is 45.2 Å². The number of aryl methyl sites for hydroxylation is 1. The first-order chi connectivity index (χ1) is 12.7. The summed E-state index contributed by atoms with van der Waals surface area (Å²) in [6, 6.07) is 6.42. The van der Waals surface area contributed by atoms with Gasteiger partial charge in [0.25, 0.3) is 5.91 Å². The van der Waals surface area contributed by atoms with Gasteiger partial charge < -0.3 is 5.32 Å². The molecule has 2 heterocycles. The Morgan fingerprint density at radius 3 is 2.44 bits per heavy atom. The van der Waals surface area contributed by atoms with Gasteiger partial charge in [-0.1, -0.05) is 6.07 Å². The summed E-state index contributed by atoms with van der Waals surface area (Å²) in [5.41, 5.74) is 3.79. The van der Waals surface area contributed by atoms with Crippen LogP contribution >= 0.6 is 0 Å². The quantitative estimate of drug-likeness (QED) is 0.667. The van der Waals surface area contributed by atoms with Crippen molar-refractivity contribution in [2.75, 3.05) is 6.54 Å². The highest BCUT2D eigenvalue weighted by atomic mass is 16.2. The lowest BCUT2D eigenvalue weighted by molar-refractivity contribution is -0.130. The molecule has 1 fully saturated rings. The number of Topliss-reactive ketones (excluding diaryl/α,β-unsaturated/α-hetero) is 1. The largest absolute Gasteiger partial charge is 0.325 e. The first-order valence-electron chi connectivity index (χ1n) is 8.83. The van der Waals surface area contributed by atoms with Crippen LogP contribution in [0.2, 0.25) is 0 Å². The number of nitrogens with zero attached hydrogens (tertiary/aromatic N) is 2. The number of hydrogen-bond acceptors (Lipinski definition) is 4. The topological polar surface area (TPSA) is 79.4 Å². The van der Waals surface area contributed by atoms with Crippen molar-refractivity contribution in [2.45, 2.75) is 40.2 Å². The summed E-state index contributed by atoms with van der Waals surface area (Å²) in [6.07, 6.45) is 1.56.